The second-order valence-corrected chi connectivity index (χ2v) is 7.92. The zero-order valence-corrected chi connectivity index (χ0v) is 15.6. The Hall–Kier alpha value is -1.75. The van der Waals surface area contributed by atoms with Crippen LogP contribution in [0.1, 0.15) is 50.0 Å². The summed E-state index contributed by atoms with van der Waals surface area (Å²) in [5.74, 6) is 1.93. The molecule has 3 unspecified atom stereocenters. The van der Waals surface area contributed by atoms with Gasteiger partial charge in [0, 0.05) is 25.0 Å². The number of piperidine rings is 2. The number of amides is 2. The predicted octanol–water partition coefficient (Wildman–Crippen LogP) is 3.12. The summed E-state index contributed by atoms with van der Waals surface area (Å²) >= 11 is 0. The quantitative estimate of drug-likeness (QED) is 0.874. The lowest BCUT2D eigenvalue weighted by atomic mass is 9.85. The average Bonchev–Trinajstić information content (AvgIpc) is 2.72. The Labute approximate surface area is 156 Å². The van der Waals surface area contributed by atoms with Crippen molar-refractivity contribution in [1.29, 1.82) is 0 Å². The van der Waals surface area contributed by atoms with Gasteiger partial charge in [0.1, 0.15) is 5.75 Å². The van der Waals surface area contributed by atoms with Crippen LogP contribution in [-0.2, 0) is 0 Å². The fourth-order valence-electron chi connectivity index (χ4n) is 4.85. The van der Waals surface area contributed by atoms with Crippen molar-refractivity contribution in [3.05, 3.63) is 29.8 Å². The zero-order valence-electron chi connectivity index (χ0n) is 15.6. The number of para-hydroxylation sites is 1. The first-order chi connectivity index (χ1) is 12.8. The van der Waals surface area contributed by atoms with Crippen LogP contribution in [0.15, 0.2) is 24.3 Å². The molecule has 0 saturated carbocycles. The van der Waals surface area contributed by atoms with E-state index in [1.165, 1.54) is 24.8 Å². The van der Waals surface area contributed by atoms with Gasteiger partial charge in [-0.2, -0.15) is 0 Å². The Balaban J connectivity index is 1.38. The van der Waals surface area contributed by atoms with Crippen LogP contribution in [0.5, 0.6) is 5.75 Å². The van der Waals surface area contributed by atoms with Gasteiger partial charge in [-0.3, -0.25) is 0 Å². The van der Waals surface area contributed by atoms with Crippen molar-refractivity contribution in [3.63, 3.8) is 0 Å². The van der Waals surface area contributed by atoms with Crippen molar-refractivity contribution in [2.24, 2.45) is 5.92 Å². The van der Waals surface area contributed by atoms with Gasteiger partial charge < -0.3 is 20.3 Å². The summed E-state index contributed by atoms with van der Waals surface area (Å²) in [4.78, 5) is 15.1. The number of hydrogen-bond donors (Lipinski definition) is 2. The number of nitrogens with zero attached hydrogens (tertiary/aromatic N) is 1. The molecule has 1 aromatic carbocycles. The van der Waals surface area contributed by atoms with E-state index in [1.807, 2.05) is 12.1 Å². The van der Waals surface area contributed by atoms with Crippen molar-refractivity contribution in [3.8, 4) is 5.75 Å². The second-order valence-electron chi connectivity index (χ2n) is 7.92. The first-order valence-electron chi connectivity index (χ1n) is 10.3. The van der Waals surface area contributed by atoms with Crippen LogP contribution in [0.3, 0.4) is 0 Å². The molecule has 3 atom stereocenters. The van der Waals surface area contributed by atoms with E-state index >= 15 is 0 Å². The highest BCUT2D eigenvalue weighted by Gasteiger charge is 2.34. The van der Waals surface area contributed by atoms with E-state index in [1.54, 1.807) is 0 Å². The van der Waals surface area contributed by atoms with Gasteiger partial charge >= 0.3 is 6.03 Å². The van der Waals surface area contributed by atoms with Crippen molar-refractivity contribution in [2.45, 2.75) is 50.5 Å². The lowest BCUT2D eigenvalue weighted by molar-refractivity contribution is 0.106. The van der Waals surface area contributed by atoms with E-state index in [2.05, 4.69) is 27.7 Å². The van der Waals surface area contributed by atoms with Gasteiger partial charge in [-0.25, -0.2) is 4.79 Å². The van der Waals surface area contributed by atoms with E-state index in [0.29, 0.717) is 24.4 Å². The minimum Gasteiger partial charge on any atom is -0.493 e. The third-order valence-corrected chi connectivity index (χ3v) is 6.27. The Morgan fingerprint density at radius 3 is 3.00 bits per heavy atom. The number of nitrogens with one attached hydrogen (secondary N) is 2. The summed E-state index contributed by atoms with van der Waals surface area (Å²) in [5, 5.41) is 6.76. The molecule has 5 nitrogen and oxygen atoms in total. The molecule has 4 rings (SSSR count). The highest BCUT2D eigenvalue weighted by atomic mass is 16.5. The lowest BCUT2D eigenvalue weighted by Gasteiger charge is -2.42. The molecule has 0 aromatic heterocycles. The average molecular weight is 357 g/mol. The van der Waals surface area contributed by atoms with Crippen LogP contribution < -0.4 is 15.4 Å². The third kappa shape index (κ3) is 3.83. The Morgan fingerprint density at radius 1 is 1.19 bits per heavy atom. The zero-order chi connectivity index (χ0) is 17.8. The monoisotopic (exact) mass is 357 g/mol. The van der Waals surface area contributed by atoms with Crippen LogP contribution in [0.4, 0.5) is 4.79 Å². The van der Waals surface area contributed by atoms with Crippen LogP contribution in [0.2, 0.25) is 0 Å². The number of carbonyl (C=O) groups excluding carboxylic acids is 1. The van der Waals surface area contributed by atoms with E-state index < -0.39 is 0 Å². The van der Waals surface area contributed by atoms with Gasteiger partial charge in [-0.15, -0.1) is 0 Å². The van der Waals surface area contributed by atoms with Crippen LogP contribution in [-0.4, -0.2) is 49.8 Å². The molecule has 0 bridgehead atoms. The Kier molecular flexibility index (Phi) is 5.63. The molecular formula is C21H31N3O2. The first-order valence-corrected chi connectivity index (χ1v) is 10.3. The van der Waals surface area contributed by atoms with Gasteiger partial charge in [-0.05, 0) is 69.2 Å². The van der Waals surface area contributed by atoms with Crippen molar-refractivity contribution >= 4 is 6.03 Å². The number of ether oxygens (including phenoxy) is 1. The molecular weight excluding hydrogens is 326 g/mol. The number of hydrogen-bond acceptors (Lipinski definition) is 3. The molecule has 2 N–H and O–H groups in total. The molecule has 2 amide bonds. The predicted molar refractivity (Wildman–Crippen MR) is 103 cm³/mol. The molecule has 2 fully saturated rings. The molecule has 0 radical (unpaired) electrons. The third-order valence-electron chi connectivity index (χ3n) is 6.27. The van der Waals surface area contributed by atoms with Crippen LogP contribution >= 0.6 is 0 Å². The van der Waals surface area contributed by atoms with Crippen LogP contribution in [0.25, 0.3) is 0 Å². The molecule has 3 aliphatic heterocycles. The van der Waals surface area contributed by atoms with E-state index in [9.17, 15) is 4.79 Å². The fraction of sp³-hybridized carbons (Fsp3) is 0.667. The largest absolute Gasteiger partial charge is 0.493 e. The molecule has 142 valence electrons. The minimum atomic E-state index is 0.129. The molecule has 3 heterocycles. The SMILES string of the molecule is O=C(NCC1CCOc2ccccc21)N1CCCCC1C1CCCNC1. The van der Waals surface area contributed by atoms with Crippen LogP contribution in [0, 0.1) is 5.92 Å². The number of benzene rings is 1. The minimum absolute atomic E-state index is 0.129. The first kappa shape index (κ1) is 17.7. The molecule has 0 spiro atoms. The summed E-state index contributed by atoms with van der Waals surface area (Å²) in [5.41, 5.74) is 1.23. The topological polar surface area (TPSA) is 53.6 Å². The number of rotatable bonds is 3. The standard InChI is InChI=1S/C21H31N3O2/c25-21(23-15-16-10-13-26-20-9-2-1-7-18(16)20)24-12-4-3-8-19(24)17-6-5-11-22-14-17/h1-2,7,9,16-17,19,22H,3-6,8,10-15H2,(H,23,25). The smallest absolute Gasteiger partial charge is 0.317 e. The highest BCUT2D eigenvalue weighted by Crippen LogP contribution is 2.33. The van der Waals surface area contributed by atoms with E-state index in [4.69, 9.17) is 4.74 Å². The summed E-state index contributed by atoms with van der Waals surface area (Å²) in [6, 6.07) is 8.75. The number of fused-ring (bicyclic) bond motifs is 1. The Morgan fingerprint density at radius 2 is 2.12 bits per heavy atom. The molecule has 3 aliphatic rings. The number of carbonyl (C=O) groups is 1. The van der Waals surface area contributed by atoms with Gasteiger partial charge in [0.15, 0.2) is 0 Å². The molecule has 2 saturated heterocycles. The molecule has 26 heavy (non-hydrogen) atoms. The van der Waals surface area contributed by atoms with Gasteiger partial charge in [0.25, 0.3) is 0 Å². The van der Waals surface area contributed by atoms with Crippen molar-refractivity contribution < 1.29 is 9.53 Å². The highest BCUT2D eigenvalue weighted by molar-refractivity contribution is 5.74. The maximum atomic E-state index is 13.0. The summed E-state index contributed by atoms with van der Waals surface area (Å²) < 4.78 is 5.74. The van der Waals surface area contributed by atoms with Gasteiger partial charge in [0.05, 0.1) is 6.61 Å². The summed E-state index contributed by atoms with van der Waals surface area (Å²) in [6.45, 7) is 4.51. The lowest BCUT2D eigenvalue weighted by Crippen LogP contribution is -2.54. The molecule has 0 aliphatic carbocycles. The summed E-state index contributed by atoms with van der Waals surface area (Å²) in [7, 11) is 0. The summed E-state index contributed by atoms with van der Waals surface area (Å²) in [6.07, 6.45) is 6.97. The second kappa shape index (κ2) is 8.30. The maximum absolute atomic E-state index is 13.0. The maximum Gasteiger partial charge on any atom is 0.317 e. The van der Waals surface area contributed by atoms with Gasteiger partial charge in [-0.1, -0.05) is 18.2 Å². The number of likely N-dealkylation sites (tertiary alicyclic amines) is 1. The molecule has 5 heteroatoms. The Bertz CT molecular complexity index is 615. The van der Waals surface area contributed by atoms with Gasteiger partial charge in [0.2, 0.25) is 0 Å². The van der Waals surface area contributed by atoms with Crippen molar-refractivity contribution in [1.82, 2.24) is 15.5 Å². The molecule has 1 aromatic rings. The number of urea groups is 1. The normalized spacial score (nSPS) is 28.8. The van der Waals surface area contributed by atoms with E-state index in [0.717, 1.165) is 51.3 Å². The van der Waals surface area contributed by atoms with E-state index in [-0.39, 0.29) is 6.03 Å². The van der Waals surface area contributed by atoms with Crippen molar-refractivity contribution in [2.75, 3.05) is 32.8 Å². The fourth-order valence-corrected chi connectivity index (χ4v) is 4.85.